The molecule has 0 fully saturated rings. The summed E-state index contributed by atoms with van der Waals surface area (Å²) >= 11 is 0. The van der Waals surface area contributed by atoms with Crippen molar-refractivity contribution in [3.63, 3.8) is 0 Å². The number of halogens is 4. The predicted octanol–water partition coefficient (Wildman–Crippen LogP) is 2.66. The average molecular weight is 338 g/mol. The minimum atomic E-state index is -2.12. The van der Waals surface area contributed by atoms with E-state index in [4.69, 9.17) is 5.73 Å². The lowest BCUT2D eigenvalue weighted by molar-refractivity contribution is 0.0653. The van der Waals surface area contributed by atoms with E-state index in [0.29, 0.717) is 10.6 Å². The Hall–Kier alpha value is -2.90. The topological polar surface area (TPSA) is 63.4 Å². The summed E-state index contributed by atoms with van der Waals surface area (Å²) in [5.41, 5.74) is 4.63. The van der Waals surface area contributed by atoms with Gasteiger partial charge in [-0.15, -0.1) is 0 Å². The van der Waals surface area contributed by atoms with Gasteiger partial charge in [-0.1, -0.05) is 12.1 Å². The van der Waals surface area contributed by atoms with Crippen molar-refractivity contribution in [3.05, 3.63) is 64.2 Å². The first kappa shape index (κ1) is 16.0. The highest BCUT2D eigenvalue weighted by Gasteiger charge is 2.43. The normalized spacial score (nSPS) is 13.6. The zero-order valence-electron chi connectivity index (χ0n) is 12.1. The smallest absolute Gasteiger partial charge is 0.264 e. The number of rotatable bonds is 3. The highest BCUT2D eigenvalue weighted by molar-refractivity contribution is 6.21. The Labute approximate surface area is 133 Å². The van der Waals surface area contributed by atoms with E-state index in [2.05, 4.69) is 0 Å². The molecule has 0 saturated heterocycles. The molecule has 2 aromatic carbocycles. The van der Waals surface area contributed by atoms with E-state index < -0.39 is 46.2 Å². The second kappa shape index (κ2) is 5.63. The summed E-state index contributed by atoms with van der Waals surface area (Å²) in [7, 11) is 0. The first-order valence-electron chi connectivity index (χ1n) is 6.89. The molecule has 1 heterocycles. The van der Waals surface area contributed by atoms with Crippen molar-refractivity contribution in [3.8, 4) is 0 Å². The molecule has 8 heteroatoms. The number of nitrogens with zero attached hydrogens (tertiary/aromatic N) is 1. The molecule has 3 rings (SSSR count). The summed E-state index contributed by atoms with van der Waals surface area (Å²) in [4.78, 5) is 24.8. The molecule has 0 spiro atoms. The number of imide groups is 1. The van der Waals surface area contributed by atoms with Gasteiger partial charge in [-0.25, -0.2) is 17.6 Å². The Morgan fingerprint density at radius 2 is 1.25 bits per heavy atom. The number of carbonyl (C=O) groups excluding carboxylic acids is 2. The van der Waals surface area contributed by atoms with Crippen LogP contribution in [-0.2, 0) is 6.42 Å². The SMILES string of the molecule is Nc1ccc(CCN2C(=O)c3c(F)c(F)c(F)c(F)c3C2=O)cc1. The van der Waals surface area contributed by atoms with Crippen molar-refractivity contribution < 1.29 is 27.2 Å². The zero-order chi connectivity index (χ0) is 17.6. The van der Waals surface area contributed by atoms with E-state index in [1.165, 1.54) is 0 Å². The first-order chi connectivity index (χ1) is 11.3. The molecule has 0 saturated carbocycles. The van der Waals surface area contributed by atoms with Gasteiger partial charge in [0.05, 0.1) is 11.1 Å². The molecule has 0 aliphatic carbocycles. The fraction of sp³-hybridized carbons (Fsp3) is 0.125. The fourth-order valence-electron chi connectivity index (χ4n) is 2.52. The summed E-state index contributed by atoms with van der Waals surface area (Å²) in [6, 6.07) is 6.55. The molecular formula is C16H10F4N2O2. The van der Waals surface area contributed by atoms with E-state index in [0.717, 1.165) is 5.56 Å². The van der Waals surface area contributed by atoms with Crippen LogP contribution in [0.2, 0.25) is 0 Å². The van der Waals surface area contributed by atoms with Gasteiger partial charge in [-0.2, -0.15) is 0 Å². The fourth-order valence-corrected chi connectivity index (χ4v) is 2.52. The molecule has 2 aromatic rings. The third-order valence-corrected chi connectivity index (χ3v) is 3.79. The lowest BCUT2D eigenvalue weighted by atomic mass is 10.1. The number of carbonyl (C=O) groups is 2. The third-order valence-electron chi connectivity index (χ3n) is 3.79. The van der Waals surface area contributed by atoms with Crippen LogP contribution in [0.4, 0.5) is 23.2 Å². The number of nitrogens with two attached hydrogens (primary N) is 1. The standard InChI is InChI=1S/C16H10F4N2O2/c17-11-9-10(12(18)14(20)13(11)19)16(24)22(15(9)23)6-5-7-1-3-8(21)4-2-7/h1-4H,5-6,21H2. The van der Waals surface area contributed by atoms with Gasteiger partial charge >= 0.3 is 0 Å². The van der Waals surface area contributed by atoms with Gasteiger partial charge in [0.1, 0.15) is 0 Å². The number of hydrogen-bond acceptors (Lipinski definition) is 3. The molecule has 2 amide bonds. The maximum absolute atomic E-state index is 13.8. The largest absolute Gasteiger partial charge is 0.399 e. The molecular weight excluding hydrogens is 328 g/mol. The molecule has 4 nitrogen and oxygen atoms in total. The summed E-state index contributed by atoms with van der Waals surface area (Å²) < 4.78 is 54.1. The predicted molar refractivity (Wildman–Crippen MR) is 76.2 cm³/mol. The molecule has 0 atom stereocenters. The Bertz CT molecular complexity index is 819. The molecule has 0 unspecified atom stereocenters. The Morgan fingerprint density at radius 3 is 1.71 bits per heavy atom. The molecule has 2 N–H and O–H groups in total. The molecule has 1 aliphatic heterocycles. The summed E-state index contributed by atoms with van der Waals surface area (Å²) in [6.45, 7) is -0.196. The van der Waals surface area contributed by atoms with Gasteiger partial charge in [-0.3, -0.25) is 14.5 Å². The van der Waals surface area contributed by atoms with Gasteiger partial charge < -0.3 is 5.73 Å². The highest BCUT2D eigenvalue weighted by atomic mass is 19.2. The number of nitrogen functional groups attached to an aromatic ring is 1. The summed E-state index contributed by atoms with van der Waals surface area (Å²) in [6.07, 6.45) is 0.194. The minimum Gasteiger partial charge on any atom is -0.399 e. The second-order valence-electron chi connectivity index (χ2n) is 5.26. The molecule has 0 aromatic heterocycles. The van der Waals surface area contributed by atoms with Gasteiger partial charge in [0.15, 0.2) is 23.3 Å². The van der Waals surface area contributed by atoms with Crippen LogP contribution in [0, 0.1) is 23.3 Å². The van der Waals surface area contributed by atoms with Gasteiger partial charge in [-0.05, 0) is 24.1 Å². The maximum Gasteiger partial charge on any atom is 0.264 e. The van der Waals surface area contributed by atoms with Gasteiger partial charge in [0.25, 0.3) is 11.8 Å². The Balaban J connectivity index is 1.91. The quantitative estimate of drug-likeness (QED) is 0.308. The number of benzene rings is 2. The average Bonchev–Trinajstić information content (AvgIpc) is 2.81. The zero-order valence-corrected chi connectivity index (χ0v) is 12.1. The molecule has 0 bridgehead atoms. The van der Waals surface area contributed by atoms with Crippen molar-refractivity contribution >= 4 is 17.5 Å². The molecule has 0 radical (unpaired) electrons. The molecule has 1 aliphatic rings. The molecule has 124 valence electrons. The Kier molecular flexibility index (Phi) is 3.75. The molecule has 24 heavy (non-hydrogen) atoms. The van der Waals surface area contributed by atoms with E-state index in [9.17, 15) is 27.2 Å². The highest BCUT2D eigenvalue weighted by Crippen LogP contribution is 2.31. The van der Waals surface area contributed by atoms with Crippen LogP contribution in [0.15, 0.2) is 24.3 Å². The van der Waals surface area contributed by atoms with Crippen molar-refractivity contribution in [2.45, 2.75) is 6.42 Å². The van der Waals surface area contributed by atoms with Crippen LogP contribution in [0.3, 0.4) is 0 Å². The second-order valence-corrected chi connectivity index (χ2v) is 5.26. The van der Waals surface area contributed by atoms with E-state index in [1.54, 1.807) is 24.3 Å². The van der Waals surface area contributed by atoms with Crippen LogP contribution < -0.4 is 5.73 Å². The third kappa shape index (κ3) is 2.31. The first-order valence-corrected chi connectivity index (χ1v) is 6.89. The van der Waals surface area contributed by atoms with Gasteiger partial charge in [0.2, 0.25) is 0 Å². The monoisotopic (exact) mass is 338 g/mol. The Morgan fingerprint density at radius 1 is 0.792 bits per heavy atom. The number of fused-ring (bicyclic) bond motifs is 1. The van der Waals surface area contributed by atoms with Crippen LogP contribution >= 0.6 is 0 Å². The number of hydrogen-bond donors (Lipinski definition) is 1. The van der Waals surface area contributed by atoms with E-state index >= 15 is 0 Å². The van der Waals surface area contributed by atoms with Gasteiger partial charge in [0, 0.05) is 12.2 Å². The lowest BCUT2D eigenvalue weighted by Gasteiger charge is -2.13. The number of amides is 2. The maximum atomic E-state index is 13.8. The van der Waals surface area contributed by atoms with Crippen molar-refractivity contribution in [1.29, 1.82) is 0 Å². The minimum absolute atomic E-state index is 0.194. The van der Waals surface area contributed by atoms with Crippen molar-refractivity contribution in [2.24, 2.45) is 0 Å². The van der Waals surface area contributed by atoms with Crippen LogP contribution in [0.25, 0.3) is 0 Å². The number of anilines is 1. The van der Waals surface area contributed by atoms with Crippen molar-refractivity contribution in [2.75, 3.05) is 12.3 Å². The van der Waals surface area contributed by atoms with Crippen molar-refractivity contribution in [1.82, 2.24) is 4.90 Å². The van der Waals surface area contributed by atoms with E-state index in [1.807, 2.05) is 0 Å². The van der Waals surface area contributed by atoms with Crippen LogP contribution in [0.5, 0.6) is 0 Å². The van der Waals surface area contributed by atoms with E-state index in [-0.39, 0.29) is 13.0 Å². The van der Waals surface area contributed by atoms with Crippen LogP contribution in [-0.4, -0.2) is 23.3 Å². The lowest BCUT2D eigenvalue weighted by Crippen LogP contribution is -2.32. The summed E-state index contributed by atoms with van der Waals surface area (Å²) in [5.74, 6) is -10.4. The summed E-state index contributed by atoms with van der Waals surface area (Å²) in [5, 5.41) is 0. The van der Waals surface area contributed by atoms with Crippen LogP contribution in [0.1, 0.15) is 26.3 Å².